The lowest BCUT2D eigenvalue weighted by Gasteiger charge is -2.20. The molecular weight excluding hydrogens is 264 g/mol. The van der Waals surface area contributed by atoms with E-state index in [1.165, 1.54) is 11.1 Å². The van der Waals surface area contributed by atoms with Gasteiger partial charge in [0.15, 0.2) is 0 Å². The first-order valence-electron chi connectivity index (χ1n) is 7.01. The third-order valence-electron chi connectivity index (χ3n) is 4.33. The number of carbonyl (C=O) groups is 1. The molecule has 1 unspecified atom stereocenters. The number of hydroxylamine groups is 2. The monoisotopic (exact) mass is 282 g/mol. The molecule has 3 N–H and O–H groups in total. The van der Waals surface area contributed by atoms with E-state index in [0.29, 0.717) is 5.06 Å². The van der Waals surface area contributed by atoms with E-state index in [9.17, 15) is 10.0 Å². The molecule has 4 nitrogen and oxygen atoms in total. The minimum Gasteiger partial charge on any atom is -0.350 e. The van der Waals surface area contributed by atoms with Crippen LogP contribution in [0.25, 0.3) is 0 Å². The fourth-order valence-corrected chi connectivity index (χ4v) is 3.19. The summed E-state index contributed by atoms with van der Waals surface area (Å²) in [5, 5.41) is 10.2. The fraction of sp³-hybridized carbons (Fsp3) is 0.235. The van der Waals surface area contributed by atoms with Crippen LogP contribution < -0.4 is 5.73 Å². The number of carbonyl (C=O) groups excluding carboxylic acids is 1. The van der Waals surface area contributed by atoms with Crippen LogP contribution in [-0.2, 0) is 5.41 Å². The lowest BCUT2D eigenvalue weighted by molar-refractivity contribution is -0.0439. The van der Waals surface area contributed by atoms with Crippen LogP contribution in [0.5, 0.6) is 0 Å². The second-order valence-corrected chi connectivity index (χ2v) is 5.52. The largest absolute Gasteiger partial charge is 0.350 e. The highest BCUT2D eigenvalue weighted by Crippen LogP contribution is 2.58. The van der Waals surface area contributed by atoms with Gasteiger partial charge in [-0.25, -0.2) is 9.86 Å². The smallest absolute Gasteiger partial charge is 0.338 e. The highest BCUT2D eigenvalue weighted by atomic mass is 16.5. The number of urea groups is 1. The molecule has 2 aromatic carbocycles. The molecule has 0 bridgehead atoms. The number of benzene rings is 2. The van der Waals surface area contributed by atoms with Gasteiger partial charge in [0.1, 0.15) is 0 Å². The van der Waals surface area contributed by atoms with Crippen molar-refractivity contribution in [3.63, 3.8) is 0 Å². The Morgan fingerprint density at radius 3 is 2.00 bits per heavy atom. The van der Waals surface area contributed by atoms with E-state index >= 15 is 0 Å². The number of nitrogens with zero attached hydrogens (tertiary/aromatic N) is 1. The number of primary amides is 1. The quantitative estimate of drug-likeness (QED) is 0.669. The van der Waals surface area contributed by atoms with Crippen molar-refractivity contribution in [2.75, 3.05) is 6.54 Å². The molecular formula is C17H18N2O2. The van der Waals surface area contributed by atoms with Gasteiger partial charge in [0, 0.05) is 5.41 Å². The Kier molecular flexibility index (Phi) is 3.39. The predicted octanol–water partition coefficient (Wildman–Crippen LogP) is 2.76. The van der Waals surface area contributed by atoms with Crippen LogP contribution in [-0.4, -0.2) is 22.8 Å². The molecule has 0 spiro atoms. The maximum atomic E-state index is 11.0. The SMILES string of the molecule is NC(=O)N(O)CC1CC1(c1ccccc1)c1ccccc1. The molecule has 1 fully saturated rings. The van der Waals surface area contributed by atoms with Crippen molar-refractivity contribution in [2.45, 2.75) is 11.8 Å². The Labute approximate surface area is 123 Å². The molecule has 4 heteroatoms. The van der Waals surface area contributed by atoms with Crippen LogP contribution in [0.3, 0.4) is 0 Å². The Balaban J connectivity index is 1.94. The number of hydrogen-bond acceptors (Lipinski definition) is 2. The first-order valence-corrected chi connectivity index (χ1v) is 7.01. The Hall–Kier alpha value is -2.33. The summed E-state index contributed by atoms with van der Waals surface area (Å²) in [6, 6.07) is 19.6. The Morgan fingerprint density at radius 1 is 1.10 bits per heavy atom. The lowest BCUT2D eigenvalue weighted by atomic mass is 9.86. The molecule has 0 heterocycles. The van der Waals surface area contributed by atoms with Gasteiger partial charge < -0.3 is 5.73 Å². The van der Waals surface area contributed by atoms with Crippen LogP contribution in [0.4, 0.5) is 4.79 Å². The van der Waals surface area contributed by atoms with Crippen molar-refractivity contribution in [3.05, 3.63) is 71.8 Å². The van der Waals surface area contributed by atoms with Crippen LogP contribution in [0, 0.1) is 5.92 Å². The van der Waals surface area contributed by atoms with Crippen molar-refractivity contribution in [1.82, 2.24) is 5.06 Å². The van der Waals surface area contributed by atoms with E-state index in [4.69, 9.17) is 5.73 Å². The second kappa shape index (κ2) is 5.22. The van der Waals surface area contributed by atoms with E-state index in [2.05, 4.69) is 24.3 Å². The van der Waals surface area contributed by atoms with E-state index < -0.39 is 6.03 Å². The standard InChI is InChI=1S/C17H18N2O2/c18-16(20)19(21)12-15-11-17(15,13-7-3-1-4-8-13)14-9-5-2-6-10-14/h1-10,15,21H,11-12H2,(H2,18,20). The first kappa shape index (κ1) is 13.6. The van der Waals surface area contributed by atoms with Crippen LogP contribution in [0.15, 0.2) is 60.7 Å². The molecule has 1 aliphatic carbocycles. The Bertz CT molecular complexity index is 588. The van der Waals surface area contributed by atoms with Gasteiger partial charge in [0.2, 0.25) is 0 Å². The minimum atomic E-state index is -0.808. The van der Waals surface area contributed by atoms with Gasteiger partial charge in [-0.15, -0.1) is 0 Å². The molecule has 3 rings (SSSR count). The average Bonchev–Trinajstić information content (AvgIpc) is 3.24. The van der Waals surface area contributed by atoms with Gasteiger partial charge >= 0.3 is 6.03 Å². The highest BCUT2D eigenvalue weighted by Gasteiger charge is 2.56. The number of hydrogen-bond donors (Lipinski definition) is 2. The van der Waals surface area contributed by atoms with Gasteiger partial charge in [-0.1, -0.05) is 60.7 Å². The molecule has 0 aromatic heterocycles. The average molecular weight is 282 g/mol. The van der Waals surface area contributed by atoms with Crippen LogP contribution in [0.1, 0.15) is 17.5 Å². The Morgan fingerprint density at radius 2 is 1.57 bits per heavy atom. The van der Waals surface area contributed by atoms with Crippen molar-refractivity contribution >= 4 is 6.03 Å². The van der Waals surface area contributed by atoms with Crippen molar-refractivity contribution in [1.29, 1.82) is 0 Å². The van der Waals surface area contributed by atoms with Crippen LogP contribution in [0.2, 0.25) is 0 Å². The molecule has 0 aliphatic heterocycles. The summed E-state index contributed by atoms with van der Waals surface area (Å²) in [5.74, 6) is 0.166. The van der Waals surface area contributed by atoms with E-state index in [1.807, 2.05) is 36.4 Å². The van der Waals surface area contributed by atoms with Crippen molar-refractivity contribution in [3.8, 4) is 0 Å². The third-order valence-corrected chi connectivity index (χ3v) is 4.33. The molecule has 1 saturated carbocycles. The molecule has 2 amide bonds. The topological polar surface area (TPSA) is 66.6 Å². The lowest BCUT2D eigenvalue weighted by Crippen LogP contribution is -2.35. The zero-order valence-electron chi connectivity index (χ0n) is 11.6. The van der Waals surface area contributed by atoms with Gasteiger partial charge in [0.05, 0.1) is 6.54 Å². The predicted molar refractivity (Wildman–Crippen MR) is 79.8 cm³/mol. The van der Waals surface area contributed by atoms with E-state index in [1.54, 1.807) is 0 Å². The third kappa shape index (κ3) is 2.38. The summed E-state index contributed by atoms with van der Waals surface area (Å²) >= 11 is 0. The first-order chi connectivity index (χ1) is 10.1. The molecule has 1 aliphatic rings. The summed E-state index contributed by atoms with van der Waals surface area (Å²) in [6.45, 7) is 0.249. The summed E-state index contributed by atoms with van der Waals surface area (Å²) in [5.41, 5.74) is 7.39. The molecule has 0 saturated heterocycles. The van der Waals surface area contributed by atoms with Gasteiger partial charge in [-0.05, 0) is 23.5 Å². The maximum absolute atomic E-state index is 11.0. The van der Waals surface area contributed by atoms with Gasteiger partial charge in [0.25, 0.3) is 0 Å². The zero-order chi connectivity index (χ0) is 14.9. The molecule has 2 aromatic rings. The zero-order valence-corrected chi connectivity index (χ0v) is 11.6. The van der Waals surface area contributed by atoms with Gasteiger partial charge in [-0.3, -0.25) is 5.21 Å². The van der Waals surface area contributed by atoms with Crippen LogP contribution >= 0.6 is 0 Å². The minimum absolute atomic E-state index is 0.140. The summed E-state index contributed by atoms with van der Waals surface area (Å²) in [6.07, 6.45) is 0.894. The summed E-state index contributed by atoms with van der Waals surface area (Å²) in [7, 11) is 0. The van der Waals surface area contributed by atoms with Crippen molar-refractivity contribution < 1.29 is 10.0 Å². The van der Waals surface area contributed by atoms with E-state index in [0.717, 1.165) is 6.42 Å². The fourth-order valence-electron chi connectivity index (χ4n) is 3.19. The normalized spacial score (nSPS) is 19.0. The molecule has 21 heavy (non-hydrogen) atoms. The highest BCUT2D eigenvalue weighted by molar-refractivity contribution is 5.70. The second-order valence-electron chi connectivity index (χ2n) is 5.52. The van der Waals surface area contributed by atoms with E-state index in [-0.39, 0.29) is 17.9 Å². The molecule has 0 radical (unpaired) electrons. The number of rotatable bonds is 4. The molecule has 108 valence electrons. The summed E-state index contributed by atoms with van der Waals surface area (Å²) < 4.78 is 0. The number of nitrogens with two attached hydrogens (primary N) is 1. The van der Waals surface area contributed by atoms with Gasteiger partial charge in [-0.2, -0.15) is 0 Å². The van der Waals surface area contributed by atoms with Crippen molar-refractivity contribution in [2.24, 2.45) is 11.7 Å². The summed E-state index contributed by atoms with van der Waals surface area (Å²) in [4.78, 5) is 11.0. The molecule has 1 atom stereocenters. The number of amides is 2. The maximum Gasteiger partial charge on any atom is 0.338 e.